The van der Waals surface area contributed by atoms with Gasteiger partial charge in [0.1, 0.15) is 6.07 Å². The predicted octanol–water partition coefficient (Wildman–Crippen LogP) is 0.0495. The zero-order valence-electron chi connectivity index (χ0n) is 7.74. The summed E-state index contributed by atoms with van der Waals surface area (Å²) in [6.07, 6.45) is 1.32. The molecule has 0 aliphatic carbocycles. The second-order valence-corrected chi connectivity index (χ2v) is 3.15. The zero-order chi connectivity index (χ0) is 10.1. The van der Waals surface area contributed by atoms with Gasteiger partial charge in [0.2, 0.25) is 5.91 Å². The lowest BCUT2D eigenvalue weighted by Crippen LogP contribution is -2.49. The smallest absolute Gasteiger partial charge is 0.246 e. The highest BCUT2D eigenvalue weighted by Crippen LogP contribution is 2.22. The quantitative estimate of drug-likeness (QED) is 0.580. The molecule has 0 saturated heterocycles. The number of nitriles is 1. The van der Waals surface area contributed by atoms with Crippen LogP contribution in [0.4, 0.5) is 0 Å². The Balaban J connectivity index is 3.02. The topological polar surface area (TPSA) is 64.3 Å². The highest BCUT2D eigenvalue weighted by atomic mass is 16.3. The van der Waals surface area contributed by atoms with E-state index in [-0.39, 0.29) is 12.5 Å². The molecule has 4 heteroatoms. The summed E-state index contributed by atoms with van der Waals surface area (Å²) in [6.45, 7) is 3.98. The summed E-state index contributed by atoms with van der Waals surface area (Å²) in [4.78, 5) is 12.7. The molecule has 1 amide bonds. The lowest BCUT2D eigenvalue weighted by Gasteiger charge is -2.33. The third-order valence-electron chi connectivity index (χ3n) is 2.29. The van der Waals surface area contributed by atoms with E-state index in [1.54, 1.807) is 6.92 Å². The average Bonchev–Trinajstić information content (AvgIpc) is 2.11. The van der Waals surface area contributed by atoms with Gasteiger partial charge in [-0.1, -0.05) is 0 Å². The number of carbonyl (C=O) groups excluding carboxylic acids is 1. The summed E-state index contributed by atoms with van der Waals surface area (Å²) in [5, 5.41) is 18.5. The average molecular weight is 180 g/mol. The molecule has 1 aliphatic rings. The van der Waals surface area contributed by atoms with E-state index >= 15 is 0 Å². The minimum Gasteiger partial charge on any atom is -0.370 e. The Labute approximate surface area is 77.1 Å². The fraction of sp³-hybridized carbons (Fsp3) is 0.556. The van der Waals surface area contributed by atoms with E-state index in [0.29, 0.717) is 12.1 Å². The van der Waals surface area contributed by atoms with Gasteiger partial charge in [-0.3, -0.25) is 4.79 Å². The summed E-state index contributed by atoms with van der Waals surface area (Å²) in [6, 6.07) is 1.81. The second kappa shape index (κ2) is 3.19. The Morgan fingerprint density at radius 1 is 1.85 bits per heavy atom. The van der Waals surface area contributed by atoms with E-state index in [2.05, 4.69) is 0 Å². The highest BCUT2D eigenvalue weighted by Gasteiger charge is 2.36. The van der Waals surface area contributed by atoms with Crippen LogP contribution in [0.15, 0.2) is 11.6 Å². The highest BCUT2D eigenvalue weighted by molar-refractivity contribution is 5.90. The first kappa shape index (κ1) is 9.75. The van der Waals surface area contributed by atoms with Crippen molar-refractivity contribution in [1.82, 2.24) is 4.90 Å². The number of likely N-dealkylation sites (N-methyl/N-ethyl adjacent to an activating group) is 1. The van der Waals surface area contributed by atoms with Gasteiger partial charge >= 0.3 is 0 Å². The molecule has 0 radical (unpaired) electrons. The minimum atomic E-state index is -1.50. The number of β-amino-alcohol motifs (C(OH)–C–C–N with tert-alkyl or cyclic N) is 1. The number of aliphatic hydroxyl groups is 1. The maximum atomic E-state index is 11.3. The first-order valence-corrected chi connectivity index (χ1v) is 4.15. The van der Waals surface area contributed by atoms with Gasteiger partial charge in [-0.05, 0) is 19.4 Å². The number of carbonyl (C=O) groups is 1. The molecule has 1 atom stereocenters. The number of nitrogens with zero attached hydrogens (tertiary/aromatic N) is 2. The van der Waals surface area contributed by atoms with Gasteiger partial charge in [0.25, 0.3) is 0 Å². The predicted molar refractivity (Wildman–Crippen MR) is 46.6 cm³/mol. The van der Waals surface area contributed by atoms with Crippen molar-refractivity contribution in [3.63, 3.8) is 0 Å². The summed E-state index contributed by atoms with van der Waals surface area (Å²) in [5.74, 6) is -0.139. The Bertz CT molecular complexity index is 303. The van der Waals surface area contributed by atoms with Crippen LogP contribution in [0.5, 0.6) is 0 Å². The fourth-order valence-electron chi connectivity index (χ4n) is 1.27. The fourth-order valence-corrected chi connectivity index (χ4v) is 1.27. The molecule has 1 unspecified atom stereocenters. The molecular formula is C9H12N2O2. The molecule has 4 nitrogen and oxygen atoms in total. The molecule has 0 fully saturated rings. The van der Waals surface area contributed by atoms with E-state index < -0.39 is 5.60 Å². The molecule has 0 saturated carbocycles. The number of hydrogen-bond acceptors (Lipinski definition) is 3. The minimum absolute atomic E-state index is 0.0706. The van der Waals surface area contributed by atoms with Crippen LogP contribution in [0.25, 0.3) is 0 Å². The van der Waals surface area contributed by atoms with E-state index in [1.807, 2.05) is 13.0 Å². The van der Waals surface area contributed by atoms with Crippen LogP contribution in [-0.4, -0.2) is 34.6 Å². The monoisotopic (exact) mass is 180 g/mol. The van der Waals surface area contributed by atoms with E-state index in [1.165, 1.54) is 11.0 Å². The standard InChI is InChI=1S/C9H12N2O2/c1-3-11-6-9(13,5-10)7(2)4-8(11)12/h4,13H,3,6H2,1-2H3. The molecule has 0 aromatic heterocycles. The van der Waals surface area contributed by atoms with Gasteiger partial charge in [0.15, 0.2) is 5.60 Å². The van der Waals surface area contributed by atoms with Gasteiger partial charge in [-0.2, -0.15) is 5.26 Å². The van der Waals surface area contributed by atoms with Crippen molar-refractivity contribution in [1.29, 1.82) is 5.26 Å². The molecule has 1 aliphatic heterocycles. The maximum absolute atomic E-state index is 11.3. The third kappa shape index (κ3) is 1.56. The summed E-state index contributed by atoms with van der Waals surface area (Å²) in [5.41, 5.74) is -1.08. The molecular weight excluding hydrogens is 168 g/mol. The van der Waals surface area contributed by atoms with Gasteiger partial charge in [-0.25, -0.2) is 0 Å². The number of amides is 1. The molecule has 70 valence electrons. The molecule has 0 aromatic rings. The van der Waals surface area contributed by atoms with Crippen molar-refractivity contribution < 1.29 is 9.90 Å². The Hall–Kier alpha value is -1.34. The van der Waals surface area contributed by atoms with Gasteiger partial charge in [0, 0.05) is 12.6 Å². The van der Waals surface area contributed by atoms with Crippen LogP contribution in [0.2, 0.25) is 0 Å². The lowest BCUT2D eigenvalue weighted by atomic mass is 9.92. The van der Waals surface area contributed by atoms with Crippen molar-refractivity contribution in [2.45, 2.75) is 19.4 Å². The van der Waals surface area contributed by atoms with Crippen LogP contribution in [-0.2, 0) is 4.79 Å². The Morgan fingerprint density at radius 3 is 2.92 bits per heavy atom. The summed E-state index contributed by atoms with van der Waals surface area (Å²) >= 11 is 0. The van der Waals surface area contributed by atoms with Crippen molar-refractivity contribution in [2.24, 2.45) is 0 Å². The van der Waals surface area contributed by atoms with E-state index in [4.69, 9.17) is 5.26 Å². The van der Waals surface area contributed by atoms with E-state index in [9.17, 15) is 9.90 Å². The van der Waals surface area contributed by atoms with Gasteiger partial charge < -0.3 is 10.0 Å². The maximum Gasteiger partial charge on any atom is 0.246 e. The van der Waals surface area contributed by atoms with Crippen molar-refractivity contribution in [3.8, 4) is 6.07 Å². The number of hydrogen-bond donors (Lipinski definition) is 1. The molecule has 1 rings (SSSR count). The van der Waals surface area contributed by atoms with Crippen LogP contribution in [0, 0.1) is 11.3 Å². The molecule has 0 spiro atoms. The first-order valence-electron chi connectivity index (χ1n) is 4.15. The molecule has 0 bridgehead atoms. The largest absolute Gasteiger partial charge is 0.370 e. The Kier molecular flexibility index (Phi) is 2.39. The van der Waals surface area contributed by atoms with Crippen molar-refractivity contribution in [3.05, 3.63) is 11.6 Å². The zero-order valence-corrected chi connectivity index (χ0v) is 7.74. The van der Waals surface area contributed by atoms with Crippen molar-refractivity contribution in [2.75, 3.05) is 13.1 Å². The van der Waals surface area contributed by atoms with Gasteiger partial charge in [0.05, 0.1) is 6.54 Å². The van der Waals surface area contributed by atoms with Crippen LogP contribution >= 0.6 is 0 Å². The van der Waals surface area contributed by atoms with E-state index in [0.717, 1.165) is 0 Å². The van der Waals surface area contributed by atoms with Crippen LogP contribution < -0.4 is 0 Å². The SMILES string of the molecule is CCN1CC(O)(C#N)C(C)=CC1=O. The molecule has 1 N–H and O–H groups in total. The number of rotatable bonds is 1. The first-order chi connectivity index (χ1) is 6.03. The molecule has 13 heavy (non-hydrogen) atoms. The summed E-state index contributed by atoms with van der Waals surface area (Å²) in [7, 11) is 0. The third-order valence-corrected chi connectivity index (χ3v) is 2.29. The second-order valence-electron chi connectivity index (χ2n) is 3.15. The van der Waals surface area contributed by atoms with Crippen molar-refractivity contribution >= 4 is 5.91 Å². The Morgan fingerprint density at radius 2 is 2.46 bits per heavy atom. The molecule has 1 heterocycles. The summed E-state index contributed by atoms with van der Waals surface area (Å²) < 4.78 is 0. The van der Waals surface area contributed by atoms with Crippen LogP contribution in [0.3, 0.4) is 0 Å². The van der Waals surface area contributed by atoms with Gasteiger partial charge in [-0.15, -0.1) is 0 Å². The lowest BCUT2D eigenvalue weighted by molar-refractivity contribution is -0.129. The molecule has 0 aromatic carbocycles. The normalized spacial score (nSPS) is 28.3. The van der Waals surface area contributed by atoms with Crippen LogP contribution in [0.1, 0.15) is 13.8 Å².